The number of rotatable bonds is 4. The molecule has 2 aliphatic rings. The van der Waals surface area contributed by atoms with Gasteiger partial charge >= 0.3 is 0 Å². The van der Waals surface area contributed by atoms with E-state index in [2.05, 4.69) is 4.90 Å². The molecule has 1 N–H and O–H groups in total. The van der Waals surface area contributed by atoms with Crippen molar-refractivity contribution in [1.82, 2.24) is 9.80 Å². The Morgan fingerprint density at radius 3 is 2.39 bits per heavy atom. The van der Waals surface area contributed by atoms with Crippen LogP contribution in [0.3, 0.4) is 0 Å². The summed E-state index contributed by atoms with van der Waals surface area (Å²) in [6.07, 6.45) is 5.31. The predicted molar refractivity (Wildman–Crippen MR) is 106 cm³/mol. The van der Waals surface area contributed by atoms with Gasteiger partial charge < -0.3 is 10.0 Å². The van der Waals surface area contributed by atoms with E-state index in [1.54, 1.807) is 24.3 Å². The molecule has 4 rings (SSSR count). The zero-order valence-corrected chi connectivity index (χ0v) is 16.1. The van der Waals surface area contributed by atoms with Gasteiger partial charge in [0.1, 0.15) is 11.6 Å². The van der Waals surface area contributed by atoms with E-state index >= 15 is 0 Å². The first kappa shape index (κ1) is 18.9. The van der Waals surface area contributed by atoms with E-state index in [0.717, 1.165) is 44.3 Å². The van der Waals surface area contributed by atoms with Crippen LogP contribution in [0.1, 0.15) is 49.3 Å². The van der Waals surface area contributed by atoms with Gasteiger partial charge in [-0.3, -0.25) is 9.69 Å². The number of phenolic OH excluding ortho intramolecular Hbond substituents is 1. The molecule has 0 bridgehead atoms. The summed E-state index contributed by atoms with van der Waals surface area (Å²) < 4.78 is 13.1. The van der Waals surface area contributed by atoms with Crippen LogP contribution in [0.4, 0.5) is 4.39 Å². The smallest absolute Gasteiger partial charge is 0.240 e. The molecular formula is C23H27FN2O2. The van der Waals surface area contributed by atoms with Crippen molar-refractivity contribution in [3.8, 4) is 5.75 Å². The highest BCUT2D eigenvalue weighted by Crippen LogP contribution is 2.35. The van der Waals surface area contributed by atoms with E-state index in [1.165, 1.54) is 24.1 Å². The Balaban J connectivity index is 1.51. The Kier molecular flexibility index (Phi) is 5.62. The number of aromatic hydroxyl groups is 1. The van der Waals surface area contributed by atoms with Crippen LogP contribution >= 0.6 is 0 Å². The molecule has 0 aromatic heterocycles. The van der Waals surface area contributed by atoms with Gasteiger partial charge in [-0.1, -0.05) is 37.1 Å². The van der Waals surface area contributed by atoms with Crippen LogP contribution in [-0.2, 0) is 11.3 Å². The van der Waals surface area contributed by atoms with Crippen LogP contribution < -0.4 is 0 Å². The van der Waals surface area contributed by atoms with E-state index in [-0.39, 0.29) is 29.6 Å². The van der Waals surface area contributed by atoms with E-state index in [9.17, 15) is 14.3 Å². The fourth-order valence-electron chi connectivity index (χ4n) is 4.56. The van der Waals surface area contributed by atoms with Crippen molar-refractivity contribution < 1.29 is 14.3 Å². The van der Waals surface area contributed by atoms with Gasteiger partial charge in [-0.15, -0.1) is 0 Å². The summed E-state index contributed by atoms with van der Waals surface area (Å²) in [7, 11) is 0. The third kappa shape index (κ3) is 4.04. The molecule has 2 aromatic rings. The maximum absolute atomic E-state index is 13.2. The molecule has 0 saturated carbocycles. The van der Waals surface area contributed by atoms with Crippen molar-refractivity contribution in [2.45, 2.75) is 50.7 Å². The normalized spacial score (nSPS) is 23.8. The fourth-order valence-corrected chi connectivity index (χ4v) is 4.56. The standard InChI is InChI=1S/C23H27FN2O2/c24-19-9-5-17(6-10-19)16-25-15-13-22(23(25)28)26-14-3-1-2-4-21(26)18-7-11-20(27)12-8-18/h5-12,21-22,27H,1-4,13-16H2. The SMILES string of the molecule is O=C1C(N2CCCCCC2c2ccc(O)cc2)CCN1Cc1ccc(F)cc1. The Hall–Kier alpha value is -2.40. The maximum Gasteiger partial charge on any atom is 0.240 e. The van der Waals surface area contributed by atoms with E-state index < -0.39 is 0 Å². The number of halogens is 1. The summed E-state index contributed by atoms with van der Waals surface area (Å²) in [6, 6.07) is 13.9. The second kappa shape index (κ2) is 8.31. The van der Waals surface area contributed by atoms with Crippen LogP contribution in [-0.4, -0.2) is 39.9 Å². The lowest BCUT2D eigenvalue weighted by atomic mass is 9.99. The Bertz CT molecular complexity index is 806. The third-order valence-electron chi connectivity index (χ3n) is 6.03. The lowest BCUT2D eigenvalue weighted by molar-refractivity contribution is -0.133. The van der Waals surface area contributed by atoms with E-state index in [4.69, 9.17) is 0 Å². The molecular weight excluding hydrogens is 355 g/mol. The van der Waals surface area contributed by atoms with Gasteiger partial charge in [0.25, 0.3) is 0 Å². The zero-order valence-electron chi connectivity index (χ0n) is 16.1. The second-order valence-electron chi connectivity index (χ2n) is 7.89. The average molecular weight is 382 g/mol. The van der Waals surface area contributed by atoms with Gasteiger partial charge in [-0.05, 0) is 61.2 Å². The number of hydrogen-bond donors (Lipinski definition) is 1. The second-order valence-corrected chi connectivity index (χ2v) is 7.89. The van der Waals surface area contributed by atoms with Crippen LogP contribution in [0.15, 0.2) is 48.5 Å². The Labute approximate surface area is 165 Å². The Morgan fingerprint density at radius 1 is 0.893 bits per heavy atom. The first-order valence-corrected chi connectivity index (χ1v) is 10.2. The monoisotopic (exact) mass is 382 g/mol. The molecule has 5 heteroatoms. The third-order valence-corrected chi connectivity index (χ3v) is 6.03. The lowest BCUT2D eigenvalue weighted by Crippen LogP contribution is -2.43. The predicted octanol–water partition coefficient (Wildman–Crippen LogP) is 4.25. The van der Waals surface area contributed by atoms with Crippen LogP contribution in [0, 0.1) is 5.82 Å². The molecule has 0 aliphatic carbocycles. The van der Waals surface area contributed by atoms with Gasteiger partial charge in [0.15, 0.2) is 0 Å². The average Bonchev–Trinajstić information content (AvgIpc) is 2.91. The number of amides is 1. The molecule has 28 heavy (non-hydrogen) atoms. The number of benzene rings is 2. The quantitative estimate of drug-likeness (QED) is 0.860. The van der Waals surface area contributed by atoms with Crippen molar-refractivity contribution >= 4 is 5.91 Å². The lowest BCUT2D eigenvalue weighted by Gasteiger charge is -2.34. The minimum absolute atomic E-state index is 0.0997. The summed E-state index contributed by atoms with van der Waals surface area (Å²) >= 11 is 0. The molecule has 2 fully saturated rings. The maximum atomic E-state index is 13.2. The highest BCUT2D eigenvalue weighted by Gasteiger charge is 2.39. The number of carbonyl (C=O) groups is 1. The molecule has 148 valence electrons. The number of carbonyl (C=O) groups excluding carboxylic acids is 1. The summed E-state index contributed by atoms with van der Waals surface area (Å²) in [6.45, 7) is 2.19. The molecule has 4 nitrogen and oxygen atoms in total. The molecule has 2 saturated heterocycles. The van der Waals surface area contributed by atoms with Crippen molar-refractivity contribution in [1.29, 1.82) is 0 Å². The van der Waals surface area contributed by atoms with Gasteiger partial charge in [0.05, 0.1) is 6.04 Å². The molecule has 2 aliphatic heterocycles. The molecule has 0 radical (unpaired) electrons. The summed E-state index contributed by atoms with van der Waals surface area (Å²) in [5.74, 6) is 0.192. The van der Waals surface area contributed by atoms with Gasteiger partial charge in [0, 0.05) is 19.1 Å². The van der Waals surface area contributed by atoms with E-state index in [1.807, 2.05) is 17.0 Å². The van der Waals surface area contributed by atoms with Gasteiger partial charge in [-0.2, -0.15) is 0 Å². The first-order chi connectivity index (χ1) is 13.6. The largest absolute Gasteiger partial charge is 0.508 e. The summed E-state index contributed by atoms with van der Waals surface area (Å²) in [4.78, 5) is 17.5. The number of phenols is 1. The molecule has 2 heterocycles. The van der Waals surface area contributed by atoms with Gasteiger partial charge in [0.2, 0.25) is 5.91 Å². The van der Waals surface area contributed by atoms with Gasteiger partial charge in [-0.25, -0.2) is 4.39 Å². The highest BCUT2D eigenvalue weighted by atomic mass is 19.1. The minimum Gasteiger partial charge on any atom is -0.508 e. The van der Waals surface area contributed by atoms with Crippen molar-refractivity contribution in [3.63, 3.8) is 0 Å². The molecule has 2 unspecified atom stereocenters. The van der Waals surface area contributed by atoms with Crippen molar-refractivity contribution in [2.24, 2.45) is 0 Å². The van der Waals surface area contributed by atoms with E-state index in [0.29, 0.717) is 6.54 Å². The number of likely N-dealkylation sites (tertiary alicyclic amines) is 2. The topological polar surface area (TPSA) is 43.8 Å². The first-order valence-electron chi connectivity index (χ1n) is 10.2. The molecule has 0 spiro atoms. The molecule has 1 amide bonds. The number of nitrogens with zero attached hydrogens (tertiary/aromatic N) is 2. The highest BCUT2D eigenvalue weighted by molar-refractivity contribution is 5.84. The van der Waals surface area contributed by atoms with Crippen LogP contribution in [0.2, 0.25) is 0 Å². The fraction of sp³-hybridized carbons (Fsp3) is 0.435. The molecule has 2 atom stereocenters. The van der Waals surface area contributed by atoms with Crippen LogP contribution in [0.25, 0.3) is 0 Å². The zero-order chi connectivity index (χ0) is 19.5. The summed E-state index contributed by atoms with van der Waals surface area (Å²) in [5, 5.41) is 9.62. The summed E-state index contributed by atoms with van der Waals surface area (Å²) in [5.41, 5.74) is 2.13. The Morgan fingerprint density at radius 2 is 1.64 bits per heavy atom. The van der Waals surface area contributed by atoms with Crippen molar-refractivity contribution in [2.75, 3.05) is 13.1 Å². The van der Waals surface area contributed by atoms with Crippen LogP contribution in [0.5, 0.6) is 5.75 Å². The van der Waals surface area contributed by atoms with Crippen molar-refractivity contribution in [3.05, 3.63) is 65.5 Å². The number of hydrogen-bond acceptors (Lipinski definition) is 3. The minimum atomic E-state index is -0.254. The molecule has 2 aromatic carbocycles.